The molecular weight excluding hydrogens is 687 g/mol. The maximum absolute atomic E-state index is 9.83. The summed E-state index contributed by atoms with van der Waals surface area (Å²) in [5, 5.41) is 9.83. The molecule has 0 N–H and O–H groups in total. The highest BCUT2D eigenvalue weighted by Gasteiger charge is 2.16. The smallest absolute Gasteiger partial charge is 0.165 e. The number of hydrogen-bond donors (Lipinski definition) is 0. The Labute approximate surface area is 324 Å². The average Bonchev–Trinajstić information content (AvgIpc) is 3.29. The van der Waals surface area contributed by atoms with Gasteiger partial charge in [0, 0.05) is 33.4 Å². The Morgan fingerprint density at radius 2 is 0.589 bits per heavy atom. The van der Waals surface area contributed by atoms with Crippen LogP contribution in [-0.2, 0) is 0 Å². The van der Waals surface area contributed by atoms with Gasteiger partial charge in [0.1, 0.15) is 0 Å². The number of aromatic nitrogens is 6. The predicted molar refractivity (Wildman–Crippen MR) is 221 cm³/mol. The second-order valence-electron chi connectivity index (χ2n) is 13.1. The highest BCUT2D eigenvalue weighted by atomic mass is 15.0. The molecule has 0 aliphatic carbocycles. The van der Waals surface area contributed by atoms with E-state index < -0.39 is 0 Å². The van der Waals surface area contributed by atoms with E-state index in [9.17, 15) is 5.26 Å². The maximum Gasteiger partial charge on any atom is 0.165 e. The van der Waals surface area contributed by atoms with Crippen LogP contribution < -0.4 is 0 Å². The minimum absolute atomic E-state index is 0.446. The third-order valence-corrected chi connectivity index (χ3v) is 9.47. The molecule has 0 aliphatic heterocycles. The molecule has 7 heteroatoms. The lowest BCUT2D eigenvalue weighted by Crippen LogP contribution is -2.01. The van der Waals surface area contributed by atoms with Crippen molar-refractivity contribution in [3.05, 3.63) is 194 Å². The summed E-state index contributed by atoms with van der Waals surface area (Å²) in [5.41, 5.74) is 9.85. The minimum Gasteiger partial charge on any atom is -0.208 e. The highest BCUT2D eigenvalue weighted by molar-refractivity contribution is 5.76. The van der Waals surface area contributed by atoms with Crippen LogP contribution in [0.3, 0.4) is 0 Å². The zero-order valence-corrected chi connectivity index (χ0v) is 30.0. The van der Waals surface area contributed by atoms with E-state index in [1.54, 1.807) is 6.07 Å². The third-order valence-electron chi connectivity index (χ3n) is 9.47. The van der Waals surface area contributed by atoms with Crippen LogP contribution in [-0.4, -0.2) is 29.9 Å². The Balaban J connectivity index is 1.07. The van der Waals surface area contributed by atoms with E-state index in [-0.39, 0.29) is 0 Å². The Kier molecular flexibility index (Phi) is 9.18. The van der Waals surface area contributed by atoms with Crippen molar-refractivity contribution in [3.8, 4) is 96.7 Å². The molecule has 7 nitrogen and oxygen atoms in total. The summed E-state index contributed by atoms with van der Waals surface area (Å²) in [6, 6.07) is 64.4. The molecule has 7 aromatic carbocycles. The van der Waals surface area contributed by atoms with E-state index in [4.69, 9.17) is 29.9 Å². The maximum atomic E-state index is 9.83. The van der Waals surface area contributed by atoms with Crippen LogP contribution in [0, 0.1) is 11.3 Å². The lowest BCUT2D eigenvalue weighted by Gasteiger charge is -2.11. The molecule has 9 rings (SSSR count). The first-order valence-electron chi connectivity index (χ1n) is 18.2. The van der Waals surface area contributed by atoms with E-state index in [0.717, 1.165) is 50.1 Å². The van der Waals surface area contributed by atoms with Gasteiger partial charge in [0.2, 0.25) is 0 Å². The summed E-state index contributed by atoms with van der Waals surface area (Å²) in [4.78, 5) is 29.4. The average molecular weight is 718 g/mol. The molecule has 2 heterocycles. The number of rotatable bonds is 8. The molecule has 56 heavy (non-hydrogen) atoms. The monoisotopic (exact) mass is 717 g/mol. The lowest BCUT2D eigenvalue weighted by molar-refractivity contribution is 1.07. The molecule has 0 atom stereocenters. The summed E-state index contributed by atoms with van der Waals surface area (Å²) in [6.45, 7) is 0. The van der Waals surface area contributed by atoms with Crippen molar-refractivity contribution in [3.63, 3.8) is 0 Å². The summed E-state index contributed by atoms with van der Waals surface area (Å²) in [5.74, 6) is 3.30. The third kappa shape index (κ3) is 7.06. The topological polar surface area (TPSA) is 101 Å². The van der Waals surface area contributed by atoms with Crippen LogP contribution in [0.4, 0.5) is 0 Å². The first-order valence-corrected chi connectivity index (χ1v) is 18.2. The molecule has 0 aliphatic rings. The van der Waals surface area contributed by atoms with Gasteiger partial charge in [-0.2, -0.15) is 5.26 Å². The number of benzene rings is 7. The summed E-state index contributed by atoms with van der Waals surface area (Å²) in [6.07, 6.45) is 0. The Morgan fingerprint density at radius 3 is 1.09 bits per heavy atom. The van der Waals surface area contributed by atoms with Gasteiger partial charge in [-0.15, -0.1) is 0 Å². The van der Waals surface area contributed by atoms with Crippen LogP contribution in [0.25, 0.3) is 90.6 Å². The van der Waals surface area contributed by atoms with Crippen molar-refractivity contribution in [1.29, 1.82) is 5.26 Å². The van der Waals surface area contributed by atoms with Gasteiger partial charge in [0.25, 0.3) is 0 Å². The van der Waals surface area contributed by atoms with Gasteiger partial charge < -0.3 is 0 Å². The molecule has 0 amide bonds. The normalized spacial score (nSPS) is 10.8. The van der Waals surface area contributed by atoms with Crippen molar-refractivity contribution in [2.75, 3.05) is 0 Å². The largest absolute Gasteiger partial charge is 0.208 e. The number of hydrogen-bond acceptors (Lipinski definition) is 7. The molecule has 0 fully saturated rings. The zero-order valence-electron chi connectivity index (χ0n) is 30.0. The van der Waals surface area contributed by atoms with Crippen molar-refractivity contribution in [2.24, 2.45) is 0 Å². The van der Waals surface area contributed by atoms with Gasteiger partial charge in [-0.05, 0) is 40.5 Å². The Morgan fingerprint density at radius 1 is 0.268 bits per heavy atom. The van der Waals surface area contributed by atoms with Gasteiger partial charge in [-0.25, -0.2) is 29.9 Å². The Bertz CT molecular complexity index is 2840. The lowest BCUT2D eigenvalue weighted by atomic mass is 10.0. The highest BCUT2D eigenvalue weighted by Crippen LogP contribution is 2.31. The molecule has 262 valence electrons. The first kappa shape index (κ1) is 33.9. The molecule has 0 unspecified atom stereocenters. The van der Waals surface area contributed by atoms with Crippen LogP contribution in [0.1, 0.15) is 5.56 Å². The SMILES string of the molecule is N#Cc1ccccc1-c1nc(-c2ccccc2)nc(-c2ccc(-c3cccc(-c4nc(-c5ccccc5)nc(-c5ccc(-c6ccccc6)cc5)n4)c3)cc2)n1. The van der Waals surface area contributed by atoms with E-state index in [2.05, 4.69) is 66.7 Å². The fourth-order valence-corrected chi connectivity index (χ4v) is 6.56. The number of nitriles is 1. The van der Waals surface area contributed by atoms with Crippen LogP contribution in [0.5, 0.6) is 0 Å². The standard InChI is InChI=1S/C49H31N7/c50-32-42-19-10-11-22-43(42)49-55-45(37-17-8-3-9-18-37)52-47(56-49)39-29-25-35(26-30-39)40-20-12-21-41(31-40)48-53-44(36-15-6-2-7-16-36)51-46(54-48)38-27-23-34(24-28-38)33-13-4-1-5-14-33/h1-31H. The second kappa shape index (κ2) is 15.2. The molecule has 0 spiro atoms. The fourth-order valence-electron chi connectivity index (χ4n) is 6.56. The predicted octanol–water partition coefficient (Wildman–Crippen LogP) is 11.3. The van der Waals surface area contributed by atoms with Crippen LogP contribution in [0.15, 0.2) is 188 Å². The zero-order chi connectivity index (χ0) is 37.7. The molecular formula is C49H31N7. The van der Waals surface area contributed by atoms with E-state index in [1.807, 2.05) is 121 Å². The first-order chi connectivity index (χ1) is 27.7. The quantitative estimate of drug-likeness (QED) is 0.154. The van der Waals surface area contributed by atoms with Gasteiger partial charge in [-0.3, -0.25) is 0 Å². The van der Waals surface area contributed by atoms with Gasteiger partial charge >= 0.3 is 0 Å². The van der Waals surface area contributed by atoms with Crippen LogP contribution in [0.2, 0.25) is 0 Å². The van der Waals surface area contributed by atoms with Crippen molar-refractivity contribution >= 4 is 0 Å². The second-order valence-corrected chi connectivity index (χ2v) is 13.1. The van der Waals surface area contributed by atoms with Gasteiger partial charge in [0.15, 0.2) is 34.9 Å². The van der Waals surface area contributed by atoms with Crippen LogP contribution >= 0.6 is 0 Å². The molecule has 0 saturated heterocycles. The van der Waals surface area contributed by atoms with Gasteiger partial charge in [-0.1, -0.05) is 170 Å². The summed E-state index contributed by atoms with van der Waals surface area (Å²) >= 11 is 0. The van der Waals surface area contributed by atoms with Crippen molar-refractivity contribution in [2.45, 2.75) is 0 Å². The fraction of sp³-hybridized carbons (Fsp3) is 0. The number of nitrogens with zero attached hydrogens (tertiary/aromatic N) is 7. The van der Waals surface area contributed by atoms with Crippen molar-refractivity contribution < 1.29 is 0 Å². The summed E-state index contributed by atoms with van der Waals surface area (Å²) in [7, 11) is 0. The Hall–Kier alpha value is -7.95. The summed E-state index contributed by atoms with van der Waals surface area (Å²) < 4.78 is 0. The molecule has 0 bridgehead atoms. The van der Waals surface area contributed by atoms with Crippen molar-refractivity contribution in [1.82, 2.24) is 29.9 Å². The minimum atomic E-state index is 0.446. The molecule has 0 saturated carbocycles. The molecule has 9 aromatic rings. The van der Waals surface area contributed by atoms with E-state index >= 15 is 0 Å². The van der Waals surface area contributed by atoms with E-state index in [1.165, 1.54) is 0 Å². The molecule has 0 radical (unpaired) electrons. The van der Waals surface area contributed by atoms with E-state index in [0.29, 0.717) is 46.1 Å². The van der Waals surface area contributed by atoms with Gasteiger partial charge in [0.05, 0.1) is 11.6 Å². The molecule has 2 aromatic heterocycles.